The highest BCUT2D eigenvalue weighted by Crippen LogP contribution is 2.22. The number of aromatic nitrogens is 1. The van der Waals surface area contributed by atoms with Crippen molar-refractivity contribution in [3.8, 4) is 5.75 Å². The van der Waals surface area contributed by atoms with Crippen molar-refractivity contribution in [1.29, 1.82) is 0 Å². The van der Waals surface area contributed by atoms with Crippen LogP contribution in [0.1, 0.15) is 11.3 Å². The van der Waals surface area contributed by atoms with Gasteiger partial charge < -0.3 is 9.64 Å². The van der Waals surface area contributed by atoms with Gasteiger partial charge in [-0.05, 0) is 6.92 Å². The summed E-state index contributed by atoms with van der Waals surface area (Å²) in [5.41, 5.74) is 1.94. The lowest BCUT2D eigenvalue weighted by Gasteiger charge is -2.16. The highest BCUT2D eigenvalue weighted by atomic mass is 16.5. The third-order valence-electron chi connectivity index (χ3n) is 2.50. The zero-order chi connectivity index (χ0) is 10.8. The molecular weight excluding hydrogens is 190 g/mol. The van der Waals surface area contributed by atoms with Crippen LogP contribution in [-0.2, 0) is 0 Å². The van der Waals surface area contributed by atoms with Gasteiger partial charge >= 0.3 is 0 Å². The molecule has 0 spiro atoms. The SMILES string of the molecule is CN=C1c2cnc(C)cc2OCCN1C. The largest absolute Gasteiger partial charge is 0.491 e. The molecule has 0 aromatic carbocycles. The van der Waals surface area contributed by atoms with E-state index in [0.717, 1.165) is 29.4 Å². The van der Waals surface area contributed by atoms with Gasteiger partial charge in [-0.1, -0.05) is 0 Å². The average Bonchev–Trinajstić information content (AvgIpc) is 2.36. The minimum Gasteiger partial charge on any atom is -0.491 e. The molecule has 0 saturated heterocycles. The Hall–Kier alpha value is -1.58. The summed E-state index contributed by atoms with van der Waals surface area (Å²) >= 11 is 0. The molecule has 1 aromatic rings. The summed E-state index contributed by atoms with van der Waals surface area (Å²) in [6, 6.07) is 1.96. The minimum absolute atomic E-state index is 0.686. The molecule has 0 bridgehead atoms. The Morgan fingerprint density at radius 2 is 2.33 bits per heavy atom. The maximum atomic E-state index is 5.67. The van der Waals surface area contributed by atoms with Crippen molar-refractivity contribution in [2.75, 3.05) is 27.2 Å². The van der Waals surface area contributed by atoms with Gasteiger partial charge in [-0.3, -0.25) is 9.98 Å². The van der Waals surface area contributed by atoms with Gasteiger partial charge in [0.15, 0.2) is 0 Å². The van der Waals surface area contributed by atoms with Gasteiger partial charge in [0, 0.05) is 32.1 Å². The molecule has 0 radical (unpaired) electrons. The van der Waals surface area contributed by atoms with Crippen molar-refractivity contribution in [3.63, 3.8) is 0 Å². The molecule has 1 aliphatic rings. The van der Waals surface area contributed by atoms with E-state index in [9.17, 15) is 0 Å². The summed E-state index contributed by atoms with van der Waals surface area (Å²) in [5.74, 6) is 1.82. The molecule has 80 valence electrons. The quantitative estimate of drug-likeness (QED) is 0.636. The number of hydrogen-bond acceptors (Lipinski definition) is 3. The van der Waals surface area contributed by atoms with E-state index in [0.29, 0.717) is 6.61 Å². The third kappa shape index (κ3) is 1.79. The fraction of sp³-hybridized carbons (Fsp3) is 0.455. The van der Waals surface area contributed by atoms with Gasteiger partial charge in [-0.25, -0.2) is 0 Å². The van der Waals surface area contributed by atoms with Crippen molar-refractivity contribution >= 4 is 5.84 Å². The Morgan fingerprint density at radius 1 is 1.53 bits per heavy atom. The van der Waals surface area contributed by atoms with E-state index >= 15 is 0 Å². The summed E-state index contributed by atoms with van der Waals surface area (Å²) < 4.78 is 5.67. The van der Waals surface area contributed by atoms with Crippen molar-refractivity contribution in [2.45, 2.75) is 6.92 Å². The van der Waals surface area contributed by atoms with Crippen LogP contribution >= 0.6 is 0 Å². The molecule has 0 amide bonds. The number of aliphatic imine (C=N–C) groups is 1. The number of nitrogens with zero attached hydrogens (tertiary/aromatic N) is 3. The van der Waals surface area contributed by atoms with Crippen LogP contribution in [0.3, 0.4) is 0 Å². The number of rotatable bonds is 0. The third-order valence-corrected chi connectivity index (χ3v) is 2.50. The Morgan fingerprint density at radius 3 is 3.07 bits per heavy atom. The Kier molecular flexibility index (Phi) is 2.58. The lowest BCUT2D eigenvalue weighted by molar-refractivity contribution is 0.294. The van der Waals surface area contributed by atoms with Crippen molar-refractivity contribution in [3.05, 3.63) is 23.5 Å². The van der Waals surface area contributed by atoms with Gasteiger partial charge in [0.1, 0.15) is 18.2 Å². The van der Waals surface area contributed by atoms with Crippen LogP contribution in [0.25, 0.3) is 0 Å². The van der Waals surface area contributed by atoms with E-state index in [1.807, 2.05) is 26.2 Å². The molecule has 4 heteroatoms. The molecule has 0 aliphatic carbocycles. The van der Waals surface area contributed by atoms with Crippen molar-refractivity contribution < 1.29 is 4.74 Å². The Balaban J connectivity index is 2.53. The number of likely N-dealkylation sites (N-methyl/N-ethyl adjacent to an activating group) is 1. The fourth-order valence-electron chi connectivity index (χ4n) is 1.72. The maximum absolute atomic E-state index is 5.67. The van der Waals surface area contributed by atoms with E-state index in [1.165, 1.54) is 0 Å². The number of fused-ring (bicyclic) bond motifs is 1. The van der Waals surface area contributed by atoms with E-state index in [4.69, 9.17) is 4.74 Å². The van der Waals surface area contributed by atoms with E-state index in [-0.39, 0.29) is 0 Å². The number of ether oxygens (including phenoxy) is 1. The average molecular weight is 205 g/mol. The van der Waals surface area contributed by atoms with Crippen LogP contribution in [0.4, 0.5) is 0 Å². The monoisotopic (exact) mass is 205 g/mol. The second kappa shape index (κ2) is 3.88. The van der Waals surface area contributed by atoms with Crippen LogP contribution < -0.4 is 4.74 Å². The molecule has 2 heterocycles. The second-order valence-corrected chi connectivity index (χ2v) is 3.64. The van der Waals surface area contributed by atoms with Crippen LogP contribution in [0.5, 0.6) is 5.75 Å². The van der Waals surface area contributed by atoms with Crippen LogP contribution in [-0.4, -0.2) is 43.0 Å². The molecule has 2 rings (SSSR count). The molecule has 15 heavy (non-hydrogen) atoms. The second-order valence-electron chi connectivity index (χ2n) is 3.64. The summed E-state index contributed by atoms with van der Waals surface area (Å²) in [6.45, 7) is 3.49. The lowest BCUT2D eigenvalue weighted by atomic mass is 10.2. The number of pyridine rings is 1. The smallest absolute Gasteiger partial charge is 0.135 e. The highest BCUT2D eigenvalue weighted by molar-refractivity contribution is 6.01. The predicted octanol–water partition coefficient (Wildman–Crippen LogP) is 1.09. The molecule has 0 atom stereocenters. The lowest BCUT2D eigenvalue weighted by Crippen LogP contribution is -2.28. The molecule has 1 aromatic heterocycles. The molecule has 0 N–H and O–H groups in total. The van der Waals surface area contributed by atoms with Gasteiger partial charge in [0.25, 0.3) is 0 Å². The minimum atomic E-state index is 0.686. The summed E-state index contributed by atoms with van der Waals surface area (Å²) in [6.07, 6.45) is 1.83. The van der Waals surface area contributed by atoms with E-state index in [1.54, 1.807) is 7.05 Å². The van der Waals surface area contributed by atoms with Crippen LogP contribution in [0.2, 0.25) is 0 Å². The molecular formula is C11H15N3O. The van der Waals surface area contributed by atoms with Gasteiger partial charge in [0.2, 0.25) is 0 Å². The van der Waals surface area contributed by atoms with Crippen LogP contribution in [0.15, 0.2) is 17.3 Å². The van der Waals surface area contributed by atoms with Crippen molar-refractivity contribution in [2.24, 2.45) is 4.99 Å². The Labute approximate surface area is 89.6 Å². The standard InChI is InChI=1S/C11H15N3O/c1-8-6-10-9(7-13-8)11(12-2)14(3)4-5-15-10/h6-7H,4-5H2,1-3H3. The van der Waals surface area contributed by atoms with Crippen LogP contribution in [0, 0.1) is 6.92 Å². The first-order chi connectivity index (χ1) is 7.22. The van der Waals surface area contributed by atoms with Crippen molar-refractivity contribution in [1.82, 2.24) is 9.88 Å². The molecule has 1 aliphatic heterocycles. The van der Waals surface area contributed by atoms with E-state index < -0.39 is 0 Å². The van der Waals surface area contributed by atoms with E-state index in [2.05, 4.69) is 14.9 Å². The fourth-order valence-corrected chi connectivity index (χ4v) is 1.72. The zero-order valence-corrected chi connectivity index (χ0v) is 9.32. The molecule has 4 nitrogen and oxygen atoms in total. The number of hydrogen-bond donors (Lipinski definition) is 0. The normalized spacial score (nSPS) is 18.3. The topological polar surface area (TPSA) is 37.7 Å². The Bertz CT molecular complexity index is 401. The van der Waals surface area contributed by atoms with Gasteiger partial charge in [-0.2, -0.15) is 0 Å². The first kappa shape index (κ1) is 9.96. The summed E-state index contributed by atoms with van der Waals surface area (Å²) in [4.78, 5) is 10.6. The van der Waals surface area contributed by atoms with Gasteiger partial charge in [-0.15, -0.1) is 0 Å². The maximum Gasteiger partial charge on any atom is 0.135 e. The van der Waals surface area contributed by atoms with Gasteiger partial charge in [0.05, 0.1) is 12.1 Å². The zero-order valence-electron chi connectivity index (χ0n) is 9.32. The summed E-state index contributed by atoms with van der Waals surface area (Å²) in [7, 11) is 3.81. The first-order valence-electron chi connectivity index (χ1n) is 5.00. The number of amidine groups is 1. The molecule has 0 fully saturated rings. The first-order valence-corrected chi connectivity index (χ1v) is 5.00. The summed E-state index contributed by atoms with van der Waals surface area (Å²) in [5, 5.41) is 0. The molecule has 0 saturated carbocycles. The number of aryl methyl sites for hydroxylation is 1. The highest BCUT2D eigenvalue weighted by Gasteiger charge is 2.18. The molecule has 0 unspecified atom stereocenters. The predicted molar refractivity (Wildman–Crippen MR) is 59.6 cm³/mol.